The van der Waals surface area contributed by atoms with E-state index in [0.717, 1.165) is 0 Å². The largest absolute Gasteiger partial charge is 0.399 e. The zero-order chi connectivity index (χ0) is 13.7. The maximum absolute atomic E-state index is 12.4. The number of amides is 1. The monoisotopic (exact) mass is 251 g/mol. The third-order valence-corrected chi connectivity index (χ3v) is 2.65. The summed E-state index contributed by atoms with van der Waals surface area (Å²) in [6.45, 7) is 4.97. The van der Waals surface area contributed by atoms with Crippen molar-refractivity contribution < 1.29 is 9.53 Å². The molecular formula is C13H21N3O2. The minimum atomic E-state index is -0.0824. The fourth-order valence-corrected chi connectivity index (χ4v) is 1.75. The number of hydrogen-bond donors (Lipinski definition) is 2. The number of benzene rings is 1. The number of rotatable bonds is 5. The van der Waals surface area contributed by atoms with Crippen molar-refractivity contribution in [3.05, 3.63) is 23.8 Å². The number of nitrogen functional groups attached to an aromatic ring is 2. The van der Waals surface area contributed by atoms with Crippen LogP contribution in [0, 0.1) is 0 Å². The Morgan fingerprint density at radius 3 is 2.28 bits per heavy atom. The molecule has 1 aromatic rings. The van der Waals surface area contributed by atoms with Crippen molar-refractivity contribution in [2.24, 2.45) is 0 Å². The third-order valence-electron chi connectivity index (χ3n) is 2.65. The van der Waals surface area contributed by atoms with E-state index >= 15 is 0 Å². The minimum Gasteiger partial charge on any atom is -0.399 e. The van der Waals surface area contributed by atoms with Gasteiger partial charge >= 0.3 is 0 Å². The fourth-order valence-electron chi connectivity index (χ4n) is 1.75. The molecular weight excluding hydrogens is 230 g/mol. The van der Waals surface area contributed by atoms with Crippen LogP contribution in [0.1, 0.15) is 24.2 Å². The van der Waals surface area contributed by atoms with Crippen LogP contribution in [0.4, 0.5) is 11.4 Å². The summed E-state index contributed by atoms with van der Waals surface area (Å²) in [5.41, 5.74) is 12.9. The van der Waals surface area contributed by atoms with Gasteiger partial charge < -0.3 is 21.1 Å². The van der Waals surface area contributed by atoms with E-state index in [1.54, 1.807) is 30.2 Å². The molecule has 100 valence electrons. The lowest BCUT2D eigenvalue weighted by atomic mass is 10.1. The summed E-state index contributed by atoms with van der Waals surface area (Å²) in [5.74, 6) is -0.0824. The molecule has 0 unspecified atom stereocenters. The molecule has 0 aliphatic heterocycles. The molecule has 0 radical (unpaired) electrons. The number of anilines is 2. The molecule has 0 atom stereocenters. The van der Waals surface area contributed by atoms with E-state index in [2.05, 4.69) is 0 Å². The summed E-state index contributed by atoms with van der Waals surface area (Å²) in [6, 6.07) is 5.00. The molecule has 5 heteroatoms. The van der Waals surface area contributed by atoms with Gasteiger partial charge in [0.25, 0.3) is 5.91 Å². The predicted molar refractivity (Wildman–Crippen MR) is 73.3 cm³/mol. The maximum Gasteiger partial charge on any atom is 0.254 e. The van der Waals surface area contributed by atoms with Gasteiger partial charge in [0.1, 0.15) is 0 Å². The highest BCUT2D eigenvalue weighted by molar-refractivity contribution is 5.96. The second-order valence-corrected chi connectivity index (χ2v) is 4.47. The number of hydrogen-bond acceptors (Lipinski definition) is 4. The Balaban J connectivity index is 2.94. The molecule has 0 heterocycles. The fraction of sp³-hybridized carbons (Fsp3) is 0.462. The van der Waals surface area contributed by atoms with Crippen LogP contribution in [0.15, 0.2) is 18.2 Å². The summed E-state index contributed by atoms with van der Waals surface area (Å²) < 4.78 is 5.01. The molecule has 4 N–H and O–H groups in total. The molecule has 0 bridgehead atoms. The lowest BCUT2D eigenvalue weighted by molar-refractivity contribution is 0.0635. The Morgan fingerprint density at radius 1 is 1.28 bits per heavy atom. The van der Waals surface area contributed by atoms with Crippen LogP contribution in [-0.2, 0) is 4.74 Å². The molecule has 0 aromatic heterocycles. The average Bonchev–Trinajstić information content (AvgIpc) is 2.27. The van der Waals surface area contributed by atoms with Gasteiger partial charge in [-0.25, -0.2) is 0 Å². The third kappa shape index (κ3) is 3.63. The normalized spacial score (nSPS) is 10.7. The smallest absolute Gasteiger partial charge is 0.254 e. The Hall–Kier alpha value is -1.75. The first kappa shape index (κ1) is 14.3. The predicted octanol–water partition coefficient (Wildman–Crippen LogP) is 1.35. The van der Waals surface area contributed by atoms with Crippen LogP contribution < -0.4 is 11.5 Å². The molecule has 18 heavy (non-hydrogen) atoms. The van der Waals surface area contributed by atoms with Gasteiger partial charge in [0.05, 0.1) is 6.61 Å². The molecule has 0 fully saturated rings. The van der Waals surface area contributed by atoms with Gasteiger partial charge in [-0.2, -0.15) is 0 Å². The van der Waals surface area contributed by atoms with E-state index in [9.17, 15) is 4.79 Å². The summed E-state index contributed by atoms with van der Waals surface area (Å²) in [4.78, 5) is 14.1. The lowest BCUT2D eigenvalue weighted by Crippen LogP contribution is -2.39. The van der Waals surface area contributed by atoms with Gasteiger partial charge in [-0.3, -0.25) is 4.79 Å². The van der Waals surface area contributed by atoms with E-state index in [-0.39, 0.29) is 11.9 Å². The number of nitrogens with two attached hydrogens (primary N) is 2. The summed E-state index contributed by atoms with van der Waals surface area (Å²) in [5, 5.41) is 0. The first-order valence-corrected chi connectivity index (χ1v) is 5.91. The van der Waals surface area contributed by atoms with Gasteiger partial charge in [-0.1, -0.05) is 0 Å². The highest BCUT2D eigenvalue weighted by atomic mass is 16.5. The van der Waals surface area contributed by atoms with Crippen LogP contribution in [0.2, 0.25) is 0 Å². The molecule has 0 aliphatic carbocycles. The van der Waals surface area contributed by atoms with Crippen molar-refractivity contribution in [3.8, 4) is 0 Å². The Bertz CT molecular complexity index is 398. The molecule has 0 spiro atoms. The lowest BCUT2D eigenvalue weighted by Gasteiger charge is -2.26. The second kappa shape index (κ2) is 6.26. The summed E-state index contributed by atoms with van der Waals surface area (Å²) in [6.07, 6.45) is 0. The number of nitrogens with zero attached hydrogens (tertiary/aromatic N) is 1. The molecule has 0 aliphatic rings. The number of ether oxygens (including phenoxy) is 1. The number of methoxy groups -OCH3 is 1. The quantitative estimate of drug-likeness (QED) is 0.774. The maximum atomic E-state index is 12.4. The van der Waals surface area contributed by atoms with Crippen LogP contribution in [0.5, 0.6) is 0 Å². The van der Waals surface area contributed by atoms with Crippen LogP contribution in [-0.4, -0.2) is 37.1 Å². The van der Waals surface area contributed by atoms with Gasteiger partial charge in [-0.15, -0.1) is 0 Å². The number of carbonyl (C=O) groups excluding carboxylic acids is 1. The topological polar surface area (TPSA) is 81.6 Å². The van der Waals surface area contributed by atoms with Gasteiger partial charge in [0, 0.05) is 36.6 Å². The van der Waals surface area contributed by atoms with Crippen molar-refractivity contribution >= 4 is 17.3 Å². The molecule has 0 saturated heterocycles. The van der Waals surface area contributed by atoms with Crippen molar-refractivity contribution in [1.82, 2.24) is 4.90 Å². The Morgan fingerprint density at radius 2 is 1.83 bits per heavy atom. The number of carbonyl (C=O) groups is 1. The van der Waals surface area contributed by atoms with E-state index in [4.69, 9.17) is 16.2 Å². The van der Waals surface area contributed by atoms with E-state index in [0.29, 0.717) is 30.1 Å². The van der Waals surface area contributed by atoms with Crippen molar-refractivity contribution in [2.75, 3.05) is 31.7 Å². The van der Waals surface area contributed by atoms with Crippen molar-refractivity contribution in [3.63, 3.8) is 0 Å². The van der Waals surface area contributed by atoms with Crippen molar-refractivity contribution in [2.45, 2.75) is 19.9 Å². The highest BCUT2D eigenvalue weighted by Gasteiger charge is 2.18. The van der Waals surface area contributed by atoms with Crippen LogP contribution in [0.25, 0.3) is 0 Å². The Labute approximate surface area is 108 Å². The molecule has 1 amide bonds. The van der Waals surface area contributed by atoms with Gasteiger partial charge in [0.2, 0.25) is 0 Å². The standard InChI is InChI=1S/C13H21N3O2/c1-9(2)16(4-5-18-3)13(17)10-6-11(14)8-12(15)7-10/h6-9H,4-5,14-15H2,1-3H3. The van der Waals surface area contributed by atoms with E-state index in [1.807, 2.05) is 13.8 Å². The first-order chi connectivity index (χ1) is 8.45. The molecule has 1 rings (SSSR count). The first-order valence-electron chi connectivity index (χ1n) is 5.91. The van der Waals surface area contributed by atoms with Crippen molar-refractivity contribution in [1.29, 1.82) is 0 Å². The van der Waals surface area contributed by atoms with Gasteiger partial charge in [0.15, 0.2) is 0 Å². The Kier molecular flexibility index (Phi) is 4.97. The zero-order valence-corrected chi connectivity index (χ0v) is 11.1. The summed E-state index contributed by atoms with van der Waals surface area (Å²) in [7, 11) is 1.61. The summed E-state index contributed by atoms with van der Waals surface area (Å²) >= 11 is 0. The second-order valence-electron chi connectivity index (χ2n) is 4.47. The molecule has 1 aromatic carbocycles. The van der Waals surface area contributed by atoms with E-state index in [1.165, 1.54) is 0 Å². The zero-order valence-electron chi connectivity index (χ0n) is 11.1. The molecule has 5 nitrogen and oxygen atoms in total. The van der Waals surface area contributed by atoms with Crippen LogP contribution >= 0.6 is 0 Å². The van der Waals surface area contributed by atoms with Gasteiger partial charge in [-0.05, 0) is 32.0 Å². The molecule has 0 saturated carbocycles. The van der Waals surface area contributed by atoms with Crippen LogP contribution in [0.3, 0.4) is 0 Å². The average molecular weight is 251 g/mol. The highest BCUT2D eigenvalue weighted by Crippen LogP contribution is 2.16. The SMILES string of the molecule is COCCN(C(=O)c1cc(N)cc(N)c1)C(C)C. The minimum absolute atomic E-state index is 0.0824. The van der Waals surface area contributed by atoms with E-state index < -0.39 is 0 Å².